The number of aryl methyl sites for hydroxylation is 1. The minimum atomic E-state index is -3.12. The van der Waals surface area contributed by atoms with E-state index in [2.05, 4.69) is 11.7 Å². The van der Waals surface area contributed by atoms with E-state index in [0.717, 1.165) is 11.3 Å². The van der Waals surface area contributed by atoms with Crippen molar-refractivity contribution >= 4 is 22.2 Å². The van der Waals surface area contributed by atoms with Crippen molar-refractivity contribution in [3.8, 4) is 0 Å². The summed E-state index contributed by atoms with van der Waals surface area (Å²) in [5, 5.41) is 0. The van der Waals surface area contributed by atoms with Crippen LogP contribution < -0.4 is 0 Å². The number of sulfone groups is 1. The van der Waals surface area contributed by atoms with E-state index in [1.807, 2.05) is 27.7 Å². The Morgan fingerprint density at radius 1 is 1.29 bits per heavy atom. The van der Waals surface area contributed by atoms with Crippen LogP contribution in [-0.2, 0) is 9.84 Å². The molecule has 0 N–H and O–H groups in total. The average Bonchev–Trinajstić information content (AvgIpc) is 2.31. The van der Waals surface area contributed by atoms with E-state index in [1.165, 1.54) is 0 Å². The third-order valence-electron chi connectivity index (χ3n) is 2.17. The molecule has 0 aliphatic carbocycles. The molecule has 0 spiro atoms. The fraction of sp³-hybridized carbons (Fsp3) is 0.462. The lowest BCUT2D eigenvalue weighted by atomic mass is 10.2. The van der Waals surface area contributed by atoms with Gasteiger partial charge in [0.25, 0.3) is 0 Å². The summed E-state index contributed by atoms with van der Waals surface area (Å²) in [7, 11) is -3.12. The molecule has 1 aromatic rings. The summed E-state index contributed by atoms with van der Waals surface area (Å²) in [6.45, 7) is 11.1. The van der Waals surface area contributed by atoms with Crippen LogP contribution in [0.15, 0.2) is 28.1 Å². The second-order valence-corrected chi connectivity index (χ2v) is 5.53. The highest BCUT2D eigenvalue weighted by Crippen LogP contribution is 2.22. The first-order chi connectivity index (χ1) is 8.01. The molecule has 0 saturated heterocycles. The Kier molecular flexibility index (Phi) is 6.73. The fourth-order valence-electron chi connectivity index (χ4n) is 1.39. The number of benzene rings is 1. The van der Waals surface area contributed by atoms with Crippen LogP contribution in [0.4, 0.5) is 5.69 Å². The molecule has 0 fully saturated rings. The molecule has 1 aromatic carbocycles. The zero-order chi connectivity index (χ0) is 13.5. The van der Waals surface area contributed by atoms with E-state index in [4.69, 9.17) is 0 Å². The van der Waals surface area contributed by atoms with Gasteiger partial charge >= 0.3 is 0 Å². The monoisotopic (exact) mass is 255 g/mol. The van der Waals surface area contributed by atoms with Crippen molar-refractivity contribution in [1.82, 2.24) is 0 Å². The Morgan fingerprint density at radius 2 is 1.88 bits per heavy atom. The molecular formula is C13H21NO2S. The molecule has 3 nitrogen and oxygen atoms in total. The molecule has 0 amide bonds. The Hall–Kier alpha value is -1.16. The summed E-state index contributed by atoms with van der Waals surface area (Å²) in [5.41, 5.74) is 1.56. The fourth-order valence-corrected chi connectivity index (χ4v) is 2.79. The number of hydrogen-bond acceptors (Lipinski definition) is 3. The van der Waals surface area contributed by atoms with E-state index in [9.17, 15) is 8.42 Å². The van der Waals surface area contributed by atoms with Gasteiger partial charge in [0.1, 0.15) is 0 Å². The lowest BCUT2D eigenvalue weighted by Crippen LogP contribution is -2.05. The molecule has 0 saturated carbocycles. The first-order valence-corrected chi connectivity index (χ1v) is 7.46. The molecule has 0 heterocycles. The molecule has 0 radical (unpaired) electrons. The highest BCUT2D eigenvalue weighted by atomic mass is 32.2. The van der Waals surface area contributed by atoms with Gasteiger partial charge in [-0.05, 0) is 43.8 Å². The van der Waals surface area contributed by atoms with E-state index < -0.39 is 9.84 Å². The third kappa shape index (κ3) is 4.30. The summed E-state index contributed by atoms with van der Waals surface area (Å²) in [4.78, 5) is 4.16. The molecule has 4 heteroatoms. The first-order valence-electron chi connectivity index (χ1n) is 5.81. The van der Waals surface area contributed by atoms with E-state index >= 15 is 0 Å². The van der Waals surface area contributed by atoms with Gasteiger partial charge in [-0.25, -0.2) is 8.42 Å². The van der Waals surface area contributed by atoms with Crippen molar-refractivity contribution in [2.24, 2.45) is 4.99 Å². The molecule has 0 unspecified atom stereocenters. The molecule has 0 aromatic heterocycles. The highest BCUT2D eigenvalue weighted by molar-refractivity contribution is 7.91. The quantitative estimate of drug-likeness (QED) is 0.773. The smallest absolute Gasteiger partial charge is 0.178 e. The van der Waals surface area contributed by atoms with Gasteiger partial charge < -0.3 is 0 Å². The maximum atomic E-state index is 11.7. The minimum Gasteiger partial charge on any atom is -0.264 e. The number of hydrogen-bond donors (Lipinski definition) is 0. The summed E-state index contributed by atoms with van der Waals surface area (Å²) in [5.74, 6) is 0.188. The van der Waals surface area contributed by atoms with E-state index in [1.54, 1.807) is 18.2 Å². The van der Waals surface area contributed by atoms with Crippen LogP contribution >= 0.6 is 0 Å². The van der Waals surface area contributed by atoms with E-state index in [0.29, 0.717) is 11.3 Å². The second kappa shape index (κ2) is 7.22. The molecule has 0 aliphatic heterocycles. The third-order valence-corrected chi connectivity index (χ3v) is 4.09. The van der Waals surface area contributed by atoms with Crippen molar-refractivity contribution in [2.75, 3.05) is 5.75 Å². The Labute approximate surface area is 105 Å². The number of aliphatic imine (C=N–C) groups is 1. The van der Waals surface area contributed by atoms with E-state index in [-0.39, 0.29) is 5.75 Å². The van der Waals surface area contributed by atoms with Crippen LogP contribution in [0.3, 0.4) is 0 Å². The molecule has 96 valence electrons. The van der Waals surface area contributed by atoms with Crippen molar-refractivity contribution in [1.29, 1.82) is 0 Å². The van der Waals surface area contributed by atoms with Crippen molar-refractivity contribution in [3.63, 3.8) is 0 Å². The van der Waals surface area contributed by atoms with Gasteiger partial charge in [0.15, 0.2) is 9.84 Å². The second-order valence-electron chi connectivity index (χ2n) is 3.43. The summed E-state index contributed by atoms with van der Waals surface area (Å²) in [6.07, 6.45) is 0.628. The van der Waals surface area contributed by atoms with Crippen LogP contribution in [0, 0.1) is 6.92 Å². The molecule has 0 atom stereocenters. The molecule has 17 heavy (non-hydrogen) atoms. The maximum Gasteiger partial charge on any atom is 0.178 e. The van der Waals surface area contributed by atoms with Crippen LogP contribution in [0.25, 0.3) is 0 Å². The van der Waals surface area contributed by atoms with Crippen molar-refractivity contribution in [2.45, 2.75) is 39.0 Å². The predicted octanol–water partition coefficient (Wildman–Crippen LogP) is 3.54. The molecule has 0 bridgehead atoms. The minimum absolute atomic E-state index is 0.188. The Bertz CT molecular complexity index is 464. The van der Waals surface area contributed by atoms with Gasteiger partial charge in [-0.2, -0.15) is 0 Å². The normalized spacial score (nSPS) is 10.4. The standard InChI is InChI=1S/C11H15NO2S.C2H6/c1-4-7-15(13,14)10-5-6-11(12-3)9(2)8-10;1-2/h5-6,8H,3-4,7H2,1-2H3;1-2H3. The average molecular weight is 255 g/mol. The van der Waals surface area contributed by atoms with Gasteiger partial charge in [0.2, 0.25) is 0 Å². The summed E-state index contributed by atoms with van der Waals surface area (Å²) < 4.78 is 23.5. The highest BCUT2D eigenvalue weighted by Gasteiger charge is 2.13. The molecule has 0 aliphatic rings. The zero-order valence-electron chi connectivity index (χ0n) is 11.0. The SMILES string of the molecule is C=Nc1ccc(S(=O)(=O)CCC)cc1C.CC. The lowest BCUT2D eigenvalue weighted by Gasteiger charge is -2.05. The predicted molar refractivity (Wildman–Crippen MR) is 74.1 cm³/mol. The Balaban J connectivity index is 0.00000121. The summed E-state index contributed by atoms with van der Waals surface area (Å²) >= 11 is 0. The molecular weight excluding hydrogens is 234 g/mol. The van der Waals surface area contributed by atoms with Crippen LogP contribution in [0.2, 0.25) is 0 Å². The Morgan fingerprint density at radius 3 is 2.29 bits per heavy atom. The van der Waals surface area contributed by atoms with Gasteiger partial charge in [-0.1, -0.05) is 20.8 Å². The molecule has 1 rings (SSSR count). The van der Waals surface area contributed by atoms with Gasteiger partial charge in [-0.15, -0.1) is 0 Å². The van der Waals surface area contributed by atoms with Gasteiger partial charge in [0.05, 0.1) is 16.3 Å². The number of rotatable bonds is 4. The largest absolute Gasteiger partial charge is 0.264 e. The summed E-state index contributed by atoms with van der Waals surface area (Å²) in [6, 6.07) is 4.92. The van der Waals surface area contributed by atoms with Crippen molar-refractivity contribution in [3.05, 3.63) is 23.8 Å². The number of nitrogens with zero attached hydrogens (tertiary/aromatic N) is 1. The van der Waals surface area contributed by atoms with Crippen LogP contribution in [0.1, 0.15) is 32.8 Å². The van der Waals surface area contributed by atoms with Crippen molar-refractivity contribution < 1.29 is 8.42 Å². The van der Waals surface area contributed by atoms with Crippen LogP contribution in [0.5, 0.6) is 0 Å². The van der Waals surface area contributed by atoms with Crippen LogP contribution in [-0.4, -0.2) is 20.9 Å². The first kappa shape index (κ1) is 15.8. The van der Waals surface area contributed by atoms with Gasteiger partial charge in [-0.3, -0.25) is 4.99 Å². The lowest BCUT2D eigenvalue weighted by molar-refractivity contribution is 0.594. The topological polar surface area (TPSA) is 46.5 Å². The van der Waals surface area contributed by atoms with Gasteiger partial charge in [0, 0.05) is 0 Å². The maximum absolute atomic E-state index is 11.7. The zero-order valence-corrected chi connectivity index (χ0v) is 11.8.